The van der Waals surface area contributed by atoms with E-state index in [1.807, 2.05) is 0 Å². The van der Waals surface area contributed by atoms with Crippen LogP contribution in [0.2, 0.25) is 0 Å². The van der Waals surface area contributed by atoms with Gasteiger partial charge in [-0.25, -0.2) is 22.9 Å². The maximum Gasteiger partial charge on any atom is 0.356 e. The maximum atomic E-state index is 12.0. The highest BCUT2D eigenvalue weighted by Crippen LogP contribution is 2.20. The molecule has 10 heteroatoms. The Morgan fingerprint density at radius 1 is 1.60 bits per heavy atom. The van der Waals surface area contributed by atoms with Crippen molar-refractivity contribution in [2.75, 3.05) is 20.3 Å². The molecule has 1 rings (SSSR count). The number of aromatic nitrogens is 1. The number of carboxylic acid groups (broad SMARTS) is 1. The van der Waals surface area contributed by atoms with Crippen LogP contribution in [0.1, 0.15) is 23.8 Å². The van der Waals surface area contributed by atoms with Gasteiger partial charge in [-0.3, -0.25) is 0 Å². The SMILES string of the molecule is COCCC(C)(O)CNS(=O)(=O)c1scnc1C(=O)O. The monoisotopic (exact) mass is 324 g/mol. The Labute approximate surface area is 120 Å². The maximum absolute atomic E-state index is 12.0. The number of hydrogen-bond donors (Lipinski definition) is 3. The number of aliphatic hydroxyl groups is 1. The summed E-state index contributed by atoms with van der Waals surface area (Å²) in [7, 11) is -2.56. The standard InChI is InChI=1S/C10H16N2O6S2/c1-10(15,3-4-18-2)5-12-20(16,17)9-7(8(13)14)11-6-19-9/h6,12,15H,3-5H2,1-2H3,(H,13,14). The Morgan fingerprint density at radius 3 is 2.80 bits per heavy atom. The van der Waals surface area contributed by atoms with Gasteiger partial charge in [0.2, 0.25) is 0 Å². The van der Waals surface area contributed by atoms with E-state index in [0.717, 1.165) is 5.51 Å². The number of nitrogens with one attached hydrogen (secondary N) is 1. The van der Waals surface area contributed by atoms with Crippen LogP contribution < -0.4 is 4.72 Å². The first-order valence-corrected chi connectivity index (χ1v) is 7.93. The molecule has 20 heavy (non-hydrogen) atoms. The lowest BCUT2D eigenvalue weighted by molar-refractivity contribution is 0.0292. The summed E-state index contributed by atoms with van der Waals surface area (Å²) >= 11 is 0.705. The molecule has 1 heterocycles. The smallest absolute Gasteiger partial charge is 0.356 e. The molecule has 3 N–H and O–H groups in total. The van der Waals surface area contributed by atoms with Crippen molar-refractivity contribution in [2.45, 2.75) is 23.2 Å². The second kappa shape index (κ2) is 6.59. The highest BCUT2D eigenvalue weighted by molar-refractivity contribution is 7.91. The van der Waals surface area contributed by atoms with Crippen LogP contribution in [-0.2, 0) is 14.8 Å². The van der Waals surface area contributed by atoms with E-state index in [4.69, 9.17) is 9.84 Å². The third kappa shape index (κ3) is 4.49. The van der Waals surface area contributed by atoms with Gasteiger partial charge in [-0.2, -0.15) is 0 Å². The zero-order valence-corrected chi connectivity index (χ0v) is 12.6. The van der Waals surface area contributed by atoms with Gasteiger partial charge < -0.3 is 14.9 Å². The van der Waals surface area contributed by atoms with Crippen LogP contribution >= 0.6 is 11.3 Å². The van der Waals surface area contributed by atoms with Crippen molar-refractivity contribution in [1.29, 1.82) is 0 Å². The van der Waals surface area contributed by atoms with E-state index >= 15 is 0 Å². The molecule has 0 spiro atoms. The van der Waals surface area contributed by atoms with Gasteiger partial charge >= 0.3 is 5.97 Å². The van der Waals surface area contributed by atoms with Gasteiger partial charge in [0.1, 0.15) is 0 Å². The summed E-state index contributed by atoms with van der Waals surface area (Å²) in [5.41, 5.74) is -0.683. The molecule has 114 valence electrons. The predicted octanol–water partition coefficient (Wildman–Crippen LogP) is -0.0929. The fourth-order valence-corrected chi connectivity index (χ4v) is 3.64. The van der Waals surface area contributed by atoms with Crippen molar-refractivity contribution in [3.63, 3.8) is 0 Å². The van der Waals surface area contributed by atoms with E-state index in [0.29, 0.717) is 11.3 Å². The Morgan fingerprint density at radius 2 is 2.25 bits per heavy atom. The Balaban J connectivity index is 2.80. The predicted molar refractivity (Wildman–Crippen MR) is 71.4 cm³/mol. The van der Waals surface area contributed by atoms with Crippen molar-refractivity contribution in [1.82, 2.24) is 9.71 Å². The first-order chi connectivity index (χ1) is 9.19. The molecule has 0 bridgehead atoms. The van der Waals surface area contributed by atoms with E-state index in [-0.39, 0.29) is 23.8 Å². The van der Waals surface area contributed by atoms with Crippen molar-refractivity contribution >= 4 is 27.3 Å². The topological polar surface area (TPSA) is 126 Å². The van der Waals surface area contributed by atoms with Crippen LogP contribution in [0.4, 0.5) is 0 Å². The summed E-state index contributed by atoms with van der Waals surface area (Å²) in [4.78, 5) is 14.4. The lowest BCUT2D eigenvalue weighted by Crippen LogP contribution is -2.41. The lowest BCUT2D eigenvalue weighted by atomic mass is 10.0. The summed E-state index contributed by atoms with van der Waals surface area (Å²) in [6.07, 6.45) is 0.237. The quantitative estimate of drug-likeness (QED) is 0.610. The van der Waals surface area contributed by atoms with Crippen LogP contribution in [0.15, 0.2) is 9.72 Å². The van der Waals surface area contributed by atoms with Gasteiger partial charge in [0.15, 0.2) is 9.90 Å². The summed E-state index contributed by atoms with van der Waals surface area (Å²) in [6, 6.07) is 0. The Kier molecular flexibility index (Phi) is 5.59. The zero-order valence-electron chi connectivity index (χ0n) is 11.0. The third-order valence-corrected chi connectivity index (χ3v) is 5.24. The van der Waals surface area contributed by atoms with Gasteiger partial charge in [0.05, 0.1) is 11.1 Å². The Bertz CT molecular complexity index is 566. The molecular formula is C10H16N2O6S2. The molecule has 0 fully saturated rings. The van der Waals surface area contributed by atoms with Crippen molar-refractivity contribution in [2.24, 2.45) is 0 Å². The van der Waals surface area contributed by atoms with Gasteiger partial charge in [-0.15, -0.1) is 11.3 Å². The number of rotatable bonds is 8. The molecule has 0 amide bonds. The van der Waals surface area contributed by atoms with Crippen LogP contribution in [0.3, 0.4) is 0 Å². The molecule has 0 aliphatic rings. The number of ether oxygens (including phenoxy) is 1. The molecule has 0 aliphatic heterocycles. The molecule has 0 saturated heterocycles. The first kappa shape index (κ1) is 17.0. The van der Waals surface area contributed by atoms with Crippen LogP contribution in [0.5, 0.6) is 0 Å². The fraction of sp³-hybridized carbons (Fsp3) is 0.600. The van der Waals surface area contributed by atoms with E-state index in [2.05, 4.69) is 9.71 Å². The van der Waals surface area contributed by atoms with E-state index in [1.54, 1.807) is 0 Å². The number of methoxy groups -OCH3 is 1. The molecule has 0 saturated carbocycles. The summed E-state index contributed by atoms with van der Waals surface area (Å²) < 4.78 is 30.6. The third-order valence-electron chi connectivity index (χ3n) is 2.47. The molecule has 0 aliphatic carbocycles. The molecule has 1 atom stereocenters. The number of carboxylic acids is 1. The van der Waals surface area contributed by atoms with Gasteiger partial charge in [0, 0.05) is 26.7 Å². The highest BCUT2D eigenvalue weighted by Gasteiger charge is 2.28. The molecule has 0 radical (unpaired) electrons. The number of hydrogen-bond acceptors (Lipinski definition) is 7. The first-order valence-electron chi connectivity index (χ1n) is 5.57. The van der Waals surface area contributed by atoms with E-state index in [1.165, 1.54) is 14.0 Å². The molecule has 8 nitrogen and oxygen atoms in total. The Hall–Kier alpha value is -1.07. The minimum absolute atomic E-state index is 0.237. The average Bonchev–Trinajstić information content (AvgIpc) is 2.84. The summed E-state index contributed by atoms with van der Waals surface area (Å²) in [5.74, 6) is -1.42. The van der Waals surface area contributed by atoms with Gasteiger partial charge in [-0.1, -0.05) is 0 Å². The van der Waals surface area contributed by atoms with Crippen molar-refractivity contribution in [3.05, 3.63) is 11.2 Å². The summed E-state index contributed by atoms with van der Waals surface area (Å²) in [5, 5.41) is 18.8. The van der Waals surface area contributed by atoms with Crippen LogP contribution in [0.25, 0.3) is 0 Å². The van der Waals surface area contributed by atoms with Crippen LogP contribution in [-0.4, -0.2) is 55.4 Å². The minimum Gasteiger partial charge on any atom is -0.476 e. The van der Waals surface area contributed by atoms with Crippen molar-refractivity contribution < 1.29 is 28.2 Å². The number of aromatic carboxylic acids is 1. The van der Waals surface area contributed by atoms with E-state index < -0.39 is 27.3 Å². The number of nitrogens with zero attached hydrogens (tertiary/aromatic N) is 1. The largest absolute Gasteiger partial charge is 0.476 e. The second-order valence-electron chi connectivity index (χ2n) is 4.36. The molecule has 1 aromatic heterocycles. The molecule has 1 aromatic rings. The average molecular weight is 324 g/mol. The number of thiazole rings is 1. The lowest BCUT2D eigenvalue weighted by Gasteiger charge is -2.22. The zero-order chi connectivity index (χ0) is 15.4. The molecular weight excluding hydrogens is 308 g/mol. The van der Waals surface area contributed by atoms with E-state index in [9.17, 15) is 18.3 Å². The van der Waals surface area contributed by atoms with Crippen LogP contribution in [0, 0.1) is 0 Å². The fourth-order valence-electron chi connectivity index (χ4n) is 1.29. The summed E-state index contributed by atoms with van der Waals surface area (Å²) in [6.45, 7) is 1.48. The van der Waals surface area contributed by atoms with Crippen molar-refractivity contribution in [3.8, 4) is 0 Å². The van der Waals surface area contributed by atoms with Gasteiger partial charge in [-0.05, 0) is 6.92 Å². The normalized spacial score (nSPS) is 14.9. The minimum atomic E-state index is -4.03. The van der Waals surface area contributed by atoms with Gasteiger partial charge in [0.25, 0.3) is 10.0 Å². The second-order valence-corrected chi connectivity index (χ2v) is 7.17. The number of carbonyl (C=O) groups is 1. The molecule has 1 unspecified atom stereocenters. The number of sulfonamides is 1. The highest BCUT2D eigenvalue weighted by atomic mass is 32.2. The molecule has 0 aromatic carbocycles.